The molecule has 0 unspecified atom stereocenters. The standard InChI is InChI=1S/C17H13ClF6N2O2S/c18-13-3-1-2-4-14(13)26-15(29)25-10-5-11(27-8-16(19,20)21)7-12(6-10)28-9-17(22,23)24/h1-7H,8-9H2,(H2,25,26,29). The Morgan fingerprint density at radius 1 is 0.862 bits per heavy atom. The highest BCUT2D eigenvalue weighted by Crippen LogP contribution is 2.29. The van der Waals surface area contributed by atoms with Crippen molar-refractivity contribution in [3.05, 3.63) is 47.5 Å². The Labute approximate surface area is 171 Å². The Bertz CT molecular complexity index is 824. The third kappa shape index (κ3) is 8.65. The summed E-state index contributed by atoms with van der Waals surface area (Å²) < 4.78 is 83.4. The van der Waals surface area contributed by atoms with Gasteiger partial charge in [0.15, 0.2) is 18.3 Å². The largest absolute Gasteiger partial charge is 0.484 e. The number of hydrogen-bond acceptors (Lipinski definition) is 3. The highest BCUT2D eigenvalue weighted by molar-refractivity contribution is 7.80. The van der Waals surface area contributed by atoms with Gasteiger partial charge in [0.2, 0.25) is 0 Å². The molecule has 0 saturated heterocycles. The van der Waals surface area contributed by atoms with E-state index in [1.165, 1.54) is 0 Å². The molecule has 0 atom stereocenters. The lowest BCUT2D eigenvalue weighted by atomic mass is 10.2. The Morgan fingerprint density at radius 2 is 1.38 bits per heavy atom. The lowest BCUT2D eigenvalue weighted by Gasteiger charge is -2.16. The highest BCUT2D eigenvalue weighted by atomic mass is 35.5. The molecule has 0 aliphatic rings. The monoisotopic (exact) mass is 458 g/mol. The van der Waals surface area contributed by atoms with Crippen LogP contribution in [0.15, 0.2) is 42.5 Å². The van der Waals surface area contributed by atoms with Crippen LogP contribution in [0, 0.1) is 0 Å². The van der Waals surface area contributed by atoms with E-state index in [0.717, 1.165) is 18.2 Å². The summed E-state index contributed by atoms with van der Waals surface area (Å²) in [7, 11) is 0. The van der Waals surface area contributed by atoms with Crippen LogP contribution in [0.4, 0.5) is 37.7 Å². The van der Waals surface area contributed by atoms with Crippen LogP contribution in [0.2, 0.25) is 5.02 Å². The summed E-state index contributed by atoms with van der Waals surface area (Å²) >= 11 is 11.1. The van der Waals surface area contributed by atoms with Gasteiger partial charge in [-0.15, -0.1) is 0 Å². The molecule has 4 nitrogen and oxygen atoms in total. The van der Waals surface area contributed by atoms with Gasteiger partial charge in [-0.05, 0) is 24.4 Å². The summed E-state index contributed by atoms with van der Waals surface area (Å²) in [6, 6.07) is 9.77. The van der Waals surface area contributed by atoms with Gasteiger partial charge in [-0.25, -0.2) is 0 Å². The predicted octanol–water partition coefficient (Wildman–Crippen LogP) is 6.03. The van der Waals surface area contributed by atoms with E-state index in [0.29, 0.717) is 10.7 Å². The average molecular weight is 459 g/mol. The van der Waals surface area contributed by atoms with Crippen molar-refractivity contribution in [3.63, 3.8) is 0 Å². The molecule has 2 rings (SSSR count). The minimum Gasteiger partial charge on any atom is -0.484 e. The fourth-order valence-electron chi connectivity index (χ4n) is 1.99. The number of hydrogen-bond donors (Lipinski definition) is 2. The van der Waals surface area contributed by atoms with Crippen molar-refractivity contribution in [1.29, 1.82) is 0 Å². The van der Waals surface area contributed by atoms with Crippen molar-refractivity contribution >= 4 is 40.3 Å². The van der Waals surface area contributed by atoms with Crippen LogP contribution in [0.25, 0.3) is 0 Å². The normalized spacial score (nSPS) is 11.7. The van der Waals surface area contributed by atoms with Gasteiger partial charge >= 0.3 is 12.4 Å². The van der Waals surface area contributed by atoms with Crippen LogP contribution in [0.5, 0.6) is 11.5 Å². The number of para-hydroxylation sites is 1. The van der Waals surface area contributed by atoms with E-state index < -0.39 is 25.6 Å². The number of alkyl halides is 6. The van der Waals surface area contributed by atoms with Gasteiger partial charge < -0.3 is 20.1 Å². The maximum atomic E-state index is 12.4. The van der Waals surface area contributed by atoms with Gasteiger partial charge in [-0.2, -0.15) is 26.3 Å². The Morgan fingerprint density at radius 3 is 1.86 bits per heavy atom. The lowest BCUT2D eigenvalue weighted by Crippen LogP contribution is -2.21. The minimum atomic E-state index is -4.63. The number of anilines is 2. The van der Waals surface area contributed by atoms with Crippen LogP contribution < -0.4 is 20.1 Å². The molecule has 0 aromatic heterocycles. The zero-order valence-corrected chi connectivity index (χ0v) is 15.9. The van der Waals surface area contributed by atoms with Gasteiger partial charge in [0.05, 0.1) is 10.7 Å². The molecule has 0 aliphatic carbocycles. The molecule has 158 valence electrons. The number of ether oxygens (including phenoxy) is 2. The zero-order chi connectivity index (χ0) is 21.7. The molecule has 29 heavy (non-hydrogen) atoms. The van der Waals surface area contributed by atoms with E-state index in [1.54, 1.807) is 24.3 Å². The van der Waals surface area contributed by atoms with Gasteiger partial charge in [-0.3, -0.25) is 0 Å². The second-order valence-corrected chi connectivity index (χ2v) is 6.38. The zero-order valence-electron chi connectivity index (χ0n) is 14.3. The molecule has 0 bridgehead atoms. The molecule has 0 heterocycles. The number of rotatable bonds is 6. The molecule has 0 amide bonds. The quantitative estimate of drug-likeness (QED) is 0.408. The summed E-state index contributed by atoms with van der Waals surface area (Å²) in [5, 5.41) is 5.74. The second-order valence-electron chi connectivity index (χ2n) is 5.56. The van der Waals surface area contributed by atoms with E-state index in [2.05, 4.69) is 20.1 Å². The maximum absolute atomic E-state index is 12.4. The summed E-state index contributed by atoms with van der Waals surface area (Å²) in [6.45, 7) is -3.25. The van der Waals surface area contributed by atoms with Crippen molar-refractivity contribution in [2.75, 3.05) is 23.8 Å². The first kappa shape index (κ1) is 22.9. The van der Waals surface area contributed by atoms with Crippen LogP contribution in [-0.4, -0.2) is 30.7 Å². The van der Waals surface area contributed by atoms with Crippen molar-refractivity contribution < 1.29 is 35.8 Å². The number of benzene rings is 2. The second kappa shape index (κ2) is 9.40. The number of halogens is 7. The molecular formula is C17H13ClF6N2O2S. The van der Waals surface area contributed by atoms with Crippen molar-refractivity contribution in [3.8, 4) is 11.5 Å². The fourth-order valence-corrected chi connectivity index (χ4v) is 2.40. The fraction of sp³-hybridized carbons (Fsp3) is 0.235. The van der Waals surface area contributed by atoms with E-state index >= 15 is 0 Å². The van der Waals surface area contributed by atoms with Gasteiger partial charge in [-0.1, -0.05) is 23.7 Å². The Hall–Kier alpha value is -2.40. The summed E-state index contributed by atoms with van der Waals surface area (Å²) in [4.78, 5) is 0. The van der Waals surface area contributed by atoms with E-state index in [4.69, 9.17) is 23.8 Å². The third-order valence-electron chi connectivity index (χ3n) is 3.06. The first-order valence-electron chi connectivity index (χ1n) is 7.78. The first-order chi connectivity index (χ1) is 13.4. The molecule has 0 saturated carbocycles. The maximum Gasteiger partial charge on any atom is 0.422 e. The number of nitrogens with one attached hydrogen (secondary N) is 2. The van der Waals surface area contributed by atoms with Gasteiger partial charge in [0.25, 0.3) is 0 Å². The van der Waals surface area contributed by atoms with E-state index in [9.17, 15) is 26.3 Å². The predicted molar refractivity (Wildman–Crippen MR) is 101 cm³/mol. The molecule has 0 radical (unpaired) electrons. The summed E-state index contributed by atoms with van der Waals surface area (Å²) in [5.41, 5.74) is 0.496. The highest BCUT2D eigenvalue weighted by Gasteiger charge is 2.30. The van der Waals surface area contributed by atoms with Crippen LogP contribution >= 0.6 is 23.8 Å². The van der Waals surface area contributed by atoms with Crippen LogP contribution in [0.1, 0.15) is 0 Å². The molecule has 0 spiro atoms. The molecule has 0 fully saturated rings. The van der Waals surface area contributed by atoms with Crippen LogP contribution in [0.3, 0.4) is 0 Å². The molecule has 12 heteroatoms. The number of thiocarbonyl (C=S) groups is 1. The first-order valence-corrected chi connectivity index (χ1v) is 8.57. The topological polar surface area (TPSA) is 42.5 Å². The van der Waals surface area contributed by atoms with Crippen molar-refractivity contribution in [2.45, 2.75) is 12.4 Å². The molecule has 2 aromatic rings. The molecule has 0 aliphatic heterocycles. The molecule has 2 N–H and O–H groups in total. The SMILES string of the molecule is FC(F)(F)COc1cc(NC(=S)Nc2ccccc2Cl)cc(OCC(F)(F)F)c1. The third-order valence-corrected chi connectivity index (χ3v) is 3.60. The van der Waals surface area contributed by atoms with E-state index in [-0.39, 0.29) is 22.3 Å². The summed E-state index contributed by atoms with van der Waals surface area (Å²) in [6.07, 6.45) is -9.26. The van der Waals surface area contributed by atoms with Gasteiger partial charge in [0, 0.05) is 23.9 Å². The summed E-state index contributed by atoms with van der Waals surface area (Å²) in [5.74, 6) is -0.713. The Kier molecular flexibility index (Phi) is 7.42. The Balaban J connectivity index is 2.17. The van der Waals surface area contributed by atoms with Crippen molar-refractivity contribution in [1.82, 2.24) is 0 Å². The lowest BCUT2D eigenvalue weighted by molar-refractivity contribution is -0.153. The molecular weight excluding hydrogens is 446 g/mol. The average Bonchev–Trinajstić information content (AvgIpc) is 2.59. The van der Waals surface area contributed by atoms with Crippen LogP contribution in [-0.2, 0) is 0 Å². The van der Waals surface area contributed by atoms with Crippen molar-refractivity contribution in [2.24, 2.45) is 0 Å². The minimum absolute atomic E-state index is 0.00663. The molecule has 2 aromatic carbocycles. The van der Waals surface area contributed by atoms with Gasteiger partial charge in [0.1, 0.15) is 11.5 Å². The van der Waals surface area contributed by atoms with E-state index in [1.807, 2.05) is 0 Å². The smallest absolute Gasteiger partial charge is 0.422 e.